The van der Waals surface area contributed by atoms with Crippen molar-refractivity contribution >= 4 is 11.4 Å². The lowest BCUT2D eigenvalue weighted by Crippen LogP contribution is -2.28. The van der Waals surface area contributed by atoms with E-state index in [9.17, 15) is 15.2 Å². The summed E-state index contributed by atoms with van der Waals surface area (Å²) in [7, 11) is 0. The first-order chi connectivity index (χ1) is 8.69. The molecule has 2 unspecified atom stereocenters. The fourth-order valence-electron chi connectivity index (χ4n) is 2.53. The van der Waals surface area contributed by atoms with Gasteiger partial charge >= 0.3 is 0 Å². The predicted molar refractivity (Wildman–Crippen MR) is 69.6 cm³/mol. The average Bonchev–Trinajstić information content (AvgIpc) is 2.39. The Kier molecular flexibility index (Phi) is 4.15. The van der Waals surface area contributed by atoms with Crippen LogP contribution in [-0.2, 0) is 0 Å². The van der Waals surface area contributed by atoms with Gasteiger partial charge in [-0.1, -0.05) is 12.5 Å². The molecule has 0 bridgehead atoms. The standard InChI is InChI=1S/C13H18N2O3/c16-9-10-3-1-4-11(7-10)14-12-5-2-6-13(8-12)15(17)18/h2,5-6,8,10-11,14,16H,1,3-4,7,9H2. The summed E-state index contributed by atoms with van der Waals surface area (Å²) in [6.07, 6.45) is 4.15. The van der Waals surface area contributed by atoms with Gasteiger partial charge in [0.15, 0.2) is 0 Å². The van der Waals surface area contributed by atoms with Gasteiger partial charge in [-0.15, -0.1) is 0 Å². The zero-order chi connectivity index (χ0) is 13.0. The molecule has 98 valence electrons. The summed E-state index contributed by atoms with van der Waals surface area (Å²) < 4.78 is 0. The van der Waals surface area contributed by atoms with Gasteiger partial charge < -0.3 is 10.4 Å². The van der Waals surface area contributed by atoms with Crippen LogP contribution in [0.15, 0.2) is 24.3 Å². The van der Waals surface area contributed by atoms with Gasteiger partial charge in [-0.05, 0) is 31.2 Å². The Bertz CT molecular complexity index is 422. The van der Waals surface area contributed by atoms with Crippen molar-refractivity contribution in [2.75, 3.05) is 11.9 Å². The van der Waals surface area contributed by atoms with Crippen LogP contribution >= 0.6 is 0 Å². The fourth-order valence-corrected chi connectivity index (χ4v) is 2.53. The molecular weight excluding hydrogens is 232 g/mol. The highest BCUT2D eigenvalue weighted by atomic mass is 16.6. The third kappa shape index (κ3) is 3.20. The fraction of sp³-hybridized carbons (Fsp3) is 0.538. The molecule has 2 rings (SSSR count). The first-order valence-electron chi connectivity index (χ1n) is 6.31. The molecule has 0 aliphatic heterocycles. The molecule has 1 fully saturated rings. The highest BCUT2D eigenvalue weighted by molar-refractivity contribution is 5.51. The smallest absolute Gasteiger partial charge is 0.271 e. The number of nitrogens with zero attached hydrogens (tertiary/aromatic N) is 1. The van der Waals surface area contributed by atoms with Crippen molar-refractivity contribution in [2.45, 2.75) is 31.7 Å². The number of nitro benzene ring substituents is 1. The Balaban J connectivity index is 2.00. The van der Waals surface area contributed by atoms with Crippen molar-refractivity contribution < 1.29 is 10.0 Å². The first-order valence-corrected chi connectivity index (χ1v) is 6.31. The summed E-state index contributed by atoms with van der Waals surface area (Å²) in [6.45, 7) is 0.229. The van der Waals surface area contributed by atoms with Gasteiger partial charge in [0.1, 0.15) is 0 Å². The number of aliphatic hydroxyl groups excluding tert-OH is 1. The van der Waals surface area contributed by atoms with Crippen LogP contribution in [-0.4, -0.2) is 22.7 Å². The largest absolute Gasteiger partial charge is 0.396 e. The van der Waals surface area contributed by atoms with E-state index in [2.05, 4.69) is 5.32 Å². The number of non-ortho nitro benzene ring substituents is 1. The number of anilines is 1. The predicted octanol–water partition coefficient (Wildman–Crippen LogP) is 2.56. The Labute approximate surface area is 106 Å². The SMILES string of the molecule is O=[N+]([O-])c1cccc(NC2CCCC(CO)C2)c1. The zero-order valence-electron chi connectivity index (χ0n) is 10.2. The highest BCUT2D eigenvalue weighted by Gasteiger charge is 2.21. The number of hydrogen-bond acceptors (Lipinski definition) is 4. The van der Waals surface area contributed by atoms with Crippen LogP contribution in [0.2, 0.25) is 0 Å². The van der Waals surface area contributed by atoms with E-state index in [1.54, 1.807) is 12.1 Å². The summed E-state index contributed by atoms with van der Waals surface area (Å²) >= 11 is 0. The van der Waals surface area contributed by atoms with Gasteiger partial charge in [0, 0.05) is 30.5 Å². The molecule has 18 heavy (non-hydrogen) atoms. The summed E-state index contributed by atoms with van der Waals surface area (Å²) in [5, 5.41) is 23.2. The van der Waals surface area contributed by atoms with Crippen LogP contribution in [0.1, 0.15) is 25.7 Å². The molecule has 2 atom stereocenters. The summed E-state index contributed by atoms with van der Waals surface area (Å²) in [5.74, 6) is 0.356. The molecule has 0 radical (unpaired) electrons. The first kappa shape index (κ1) is 12.8. The molecular formula is C13H18N2O3. The molecule has 1 saturated carbocycles. The molecule has 1 aromatic carbocycles. The van der Waals surface area contributed by atoms with Crippen LogP contribution in [0.4, 0.5) is 11.4 Å². The Morgan fingerprint density at radius 2 is 2.28 bits per heavy atom. The van der Waals surface area contributed by atoms with E-state index < -0.39 is 0 Å². The van der Waals surface area contributed by atoms with Crippen molar-refractivity contribution in [3.8, 4) is 0 Å². The van der Waals surface area contributed by atoms with E-state index in [0.29, 0.717) is 12.0 Å². The second kappa shape index (κ2) is 5.82. The zero-order valence-corrected chi connectivity index (χ0v) is 10.2. The third-order valence-electron chi connectivity index (χ3n) is 3.47. The monoisotopic (exact) mass is 250 g/mol. The van der Waals surface area contributed by atoms with Crippen molar-refractivity contribution in [3.05, 3.63) is 34.4 Å². The molecule has 5 heteroatoms. The molecule has 0 aromatic heterocycles. The van der Waals surface area contributed by atoms with Gasteiger partial charge in [0.25, 0.3) is 5.69 Å². The number of aliphatic hydroxyl groups is 1. The highest BCUT2D eigenvalue weighted by Crippen LogP contribution is 2.27. The molecule has 1 aliphatic carbocycles. The molecule has 0 heterocycles. The van der Waals surface area contributed by atoms with E-state index in [0.717, 1.165) is 31.4 Å². The second-order valence-corrected chi connectivity index (χ2v) is 4.86. The van der Waals surface area contributed by atoms with Crippen LogP contribution in [0.25, 0.3) is 0 Å². The lowest BCUT2D eigenvalue weighted by atomic mass is 9.86. The van der Waals surface area contributed by atoms with Crippen LogP contribution in [0, 0.1) is 16.0 Å². The van der Waals surface area contributed by atoms with E-state index >= 15 is 0 Å². The number of rotatable bonds is 4. The van der Waals surface area contributed by atoms with Crippen LogP contribution in [0.5, 0.6) is 0 Å². The molecule has 2 N–H and O–H groups in total. The topological polar surface area (TPSA) is 75.4 Å². The minimum atomic E-state index is -0.386. The maximum Gasteiger partial charge on any atom is 0.271 e. The van der Waals surface area contributed by atoms with Crippen molar-refractivity contribution in [2.24, 2.45) is 5.92 Å². The Morgan fingerprint density at radius 3 is 3.00 bits per heavy atom. The van der Waals surface area contributed by atoms with Crippen LogP contribution in [0.3, 0.4) is 0 Å². The molecule has 1 aliphatic rings. The van der Waals surface area contributed by atoms with Crippen molar-refractivity contribution in [3.63, 3.8) is 0 Å². The Morgan fingerprint density at radius 1 is 1.44 bits per heavy atom. The minimum absolute atomic E-state index is 0.106. The summed E-state index contributed by atoms with van der Waals surface area (Å²) in [4.78, 5) is 10.3. The van der Waals surface area contributed by atoms with Gasteiger partial charge in [-0.3, -0.25) is 10.1 Å². The molecule has 0 spiro atoms. The number of nitro groups is 1. The molecule has 0 amide bonds. The lowest BCUT2D eigenvalue weighted by Gasteiger charge is -2.29. The lowest BCUT2D eigenvalue weighted by molar-refractivity contribution is -0.384. The third-order valence-corrected chi connectivity index (χ3v) is 3.47. The van der Waals surface area contributed by atoms with Gasteiger partial charge in [-0.25, -0.2) is 0 Å². The summed E-state index contributed by atoms with van der Waals surface area (Å²) in [6, 6.07) is 6.88. The maximum atomic E-state index is 10.7. The van der Waals surface area contributed by atoms with Crippen molar-refractivity contribution in [1.82, 2.24) is 0 Å². The van der Waals surface area contributed by atoms with Gasteiger partial charge in [0.2, 0.25) is 0 Å². The number of nitrogens with one attached hydrogen (secondary N) is 1. The van der Waals surface area contributed by atoms with Crippen LogP contribution < -0.4 is 5.32 Å². The number of benzene rings is 1. The quantitative estimate of drug-likeness (QED) is 0.636. The van der Waals surface area contributed by atoms with Crippen molar-refractivity contribution in [1.29, 1.82) is 0 Å². The molecule has 5 nitrogen and oxygen atoms in total. The average molecular weight is 250 g/mol. The van der Waals surface area contributed by atoms with Gasteiger partial charge in [0.05, 0.1) is 4.92 Å². The molecule has 0 saturated heterocycles. The Hall–Kier alpha value is -1.62. The maximum absolute atomic E-state index is 10.7. The minimum Gasteiger partial charge on any atom is -0.396 e. The van der Waals surface area contributed by atoms with E-state index in [-0.39, 0.29) is 17.2 Å². The van der Waals surface area contributed by atoms with E-state index in [4.69, 9.17) is 0 Å². The molecule has 1 aromatic rings. The second-order valence-electron chi connectivity index (χ2n) is 4.86. The summed E-state index contributed by atoms with van der Waals surface area (Å²) in [5.41, 5.74) is 0.891. The van der Waals surface area contributed by atoms with Gasteiger partial charge in [-0.2, -0.15) is 0 Å². The normalized spacial score (nSPS) is 23.6. The van der Waals surface area contributed by atoms with E-state index in [1.165, 1.54) is 6.07 Å². The van der Waals surface area contributed by atoms with E-state index in [1.807, 2.05) is 6.07 Å². The number of hydrogen-bond donors (Lipinski definition) is 2.